The molecule has 1 amide bonds. The molecule has 3 aromatic rings. The fourth-order valence-corrected chi connectivity index (χ4v) is 4.22. The van der Waals surface area contributed by atoms with Gasteiger partial charge in [0.2, 0.25) is 5.91 Å². The molecule has 1 aromatic carbocycles. The average molecular weight is 402 g/mol. The zero-order valence-electron chi connectivity index (χ0n) is 15.5. The van der Waals surface area contributed by atoms with E-state index in [1.807, 2.05) is 43.5 Å². The van der Waals surface area contributed by atoms with Gasteiger partial charge < -0.3 is 5.32 Å². The summed E-state index contributed by atoms with van der Waals surface area (Å²) in [6, 6.07) is 11.6. The summed E-state index contributed by atoms with van der Waals surface area (Å²) in [5.41, 5.74) is 0.613. The van der Waals surface area contributed by atoms with Crippen LogP contribution in [-0.2, 0) is 17.8 Å². The predicted octanol–water partition coefficient (Wildman–Crippen LogP) is 3.71. The second-order valence-corrected chi connectivity index (χ2v) is 8.34. The standard InChI is InChI=1S/C20H23N3O2S2/c1-3-14(2)21-18(24)13-27-20-22-17-9-5-4-8-16(17)19(25)23(20)11-10-15-7-6-12-26-15/h4-9,12,14H,3,10-11,13H2,1-2H3,(H,21,24)/t14-/m0/s1. The van der Waals surface area contributed by atoms with Gasteiger partial charge in [-0.1, -0.05) is 36.9 Å². The van der Waals surface area contributed by atoms with Crippen molar-refractivity contribution in [3.63, 3.8) is 0 Å². The molecular formula is C20H23N3O2S2. The second-order valence-electron chi connectivity index (χ2n) is 6.36. The fraction of sp³-hybridized carbons (Fsp3) is 0.350. The van der Waals surface area contributed by atoms with Crippen LogP contribution in [0.2, 0.25) is 0 Å². The van der Waals surface area contributed by atoms with Gasteiger partial charge in [0.15, 0.2) is 5.16 Å². The van der Waals surface area contributed by atoms with Crippen LogP contribution in [0.25, 0.3) is 10.9 Å². The molecule has 0 aliphatic heterocycles. The first-order chi connectivity index (χ1) is 13.1. The number of benzene rings is 1. The molecule has 0 spiro atoms. The lowest BCUT2D eigenvalue weighted by Gasteiger charge is -2.14. The summed E-state index contributed by atoms with van der Waals surface area (Å²) in [6.45, 7) is 4.56. The number of aromatic nitrogens is 2. The van der Waals surface area contributed by atoms with E-state index in [2.05, 4.69) is 16.4 Å². The van der Waals surface area contributed by atoms with E-state index in [-0.39, 0.29) is 23.3 Å². The minimum absolute atomic E-state index is 0.0402. The molecule has 27 heavy (non-hydrogen) atoms. The summed E-state index contributed by atoms with van der Waals surface area (Å²) >= 11 is 3.00. The fourth-order valence-electron chi connectivity index (χ4n) is 2.68. The zero-order valence-corrected chi connectivity index (χ0v) is 17.1. The Morgan fingerprint density at radius 2 is 2.11 bits per heavy atom. The van der Waals surface area contributed by atoms with Crippen molar-refractivity contribution in [1.82, 2.24) is 14.9 Å². The van der Waals surface area contributed by atoms with Crippen LogP contribution < -0.4 is 10.9 Å². The molecule has 2 heterocycles. The van der Waals surface area contributed by atoms with Crippen molar-refractivity contribution in [2.24, 2.45) is 0 Å². The highest BCUT2D eigenvalue weighted by atomic mass is 32.2. The molecule has 1 N–H and O–H groups in total. The van der Waals surface area contributed by atoms with E-state index >= 15 is 0 Å². The largest absolute Gasteiger partial charge is 0.353 e. The molecule has 0 unspecified atom stereocenters. The van der Waals surface area contributed by atoms with Crippen LogP contribution in [0.1, 0.15) is 25.1 Å². The molecular weight excluding hydrogens is 378 g/mol. The normalized spacial score (nSPS) is 12.2. The molecule has 0 saturated heterocycles. The molecule has 0 radical (unpaired) electrons. The van der Waals surface area contributed by atoms with Gasteiger partial charge in [-0.05, 0) is 43.3 Å². The number of hydrogen-bond donors (Lipinski definition) is 1. The lowest BCUT2D eigenvalue weighted by atomic mass is 10.2. The van der Waals surface area contributed by atoms with Gasteiger partial charge in [-0.15, -0.1) is 11.3 Å². The van der Waals surface area contributed by atoms with Crippen molar-refractivity contribution in [3.05, 3.63) is 57.0 Å². The van der Waals surface area contributed by atoms with E-state index < -0.39 is 0 Å². The Hall–Kier alpha value is -2.12. The van der Waals surface area contributed by atoms with E-state index in [1.54, 1.807) is 22.0 Å². The molecule has 0 saturated carbocycles. The average Bonchev–Trinajstić information content (AvgIpc) is 3.19. The Bertz CT molecular complexity index is 967. The van der Waals surface area contributed by atoms with E-state index in [9.17, 15) is 9.59 Å². The molecule has 5 nitrogen and oxygen atoms in total. The Morgan fingerprint density at radius 1 is 1.30 bits per heavy atom. The van der Waals surface area contributed by atoms with Gasteiger partial charge in [-0.3, -0.25) is 14.2 Å². The Balaban J connectivity index is 1.85. The van der Waals surface area contributed by atoms with Crippen LogP contribution >= 0.6 is 23.1 Å². The first kappa shape index (κ1) is 19.6. The van der Waals surface area contributed by atoms with Crippen molar-refractivity contribution in [2.45, 2.75) is 44.4 Å². The van der Waals surface area contributed by atoms with Crippen LogP contribution in [-0.4, -0.2) is 27.3 Å². The Kier molecular flexibility index (Phi) is 6.68. The highest BCUT2D eigenvalue weighted by Gasteiger charge is 2.14. The molecule has 0 aliphatic carbocycles. The van der Waals surface area contributed by atoms with Gasteiger partial charge in [0.05, 0.1) is 16.7 Å². The Morgan fingerprint density at radius 3 is 2.85 bits per heavy atom. The molecule has 1 atom stereocenters. The van der Waals surface area contributed by atoms with Gasteiger partial charge in [0.1, 0.15) is 0 Å². The van der Waals surface area contributed by atoms with Crippen molar-refractivity contribution in [3.8, 4) is 0 Å². The molecule has 0 aliphatic rings. The maximum absolute atomic E-state index is 13.0. The highest BCUT2D eigenvalue weighted by Crippen LogP contribution is 2.19. The van der Waals surface area contributed by atoms with Crippen LogP contribution in [0.5, 0.6) is 0 Å². The third-order valence-corrected chi connectivity index (χ3v) is 6.25. The maximum atomic E-state index is 13.0. The summed E-state index contributed by atoms with van der Waals surface area (Å²) in [4.78, 5) is 31.0. The number of nitrogens with zero attached hydrogens (tertiary/aromatic N) is 2. The second kappa shape index (κ2) is 9.19. The van der Waals surface area contributed by atoms with Crippen molar-refractivity contribution >= 4 is 39.9 Å². The van der Waals surface area contributed by atoms with Crippen LogP contribution in [0.15, 0.2) is 51.7 Å². The van der Waals surface area contributed by atoms with Crippen LogP contribution in [0, 0.1) is 0 Å². The number of carbonyl (C=O) groups excluding carboxylic acids is 1. The molecule has 2 aromatic heterocycles. The van der Waals surface area contributed by atoms with E-state index in [0.29, 0.717) is 22.6 Å². The van der Waals surface area contributed by atoms with Crippen LogP contribution in [0.4, 0.5) is 0 Å². The first-order valence-electron chi connectivity index (χ1n) is 9.02. The Labute approximate surface area is 166 Å². The third kappa shape index (κ3) is 4.99. The van der Waals surface area contributed by atoms with Gasteiger partial charge in [-0.2, -0.15) is 0 Å². The van der Waals surface area contributed by atoms with E-state index in [0.717, 1.165) is 12.8 Å². The van der Waals surface area contributed by atoms with Gasteiger partial charge >= 0.3 is 0 Å². The lowest BCUT2D eigenvalue weighted by Crippen LogP contribution is -2.33. The van der Waals surface area contributed by atoms with Crippen molar-refractivity contribution in [1.29, 1.82) is 0 Å². The number of aryl methyl sites for hydroxylation is 1. The highest BCUT2D eigenvalue weighted by molar-refractivity contribution is 7.99. The summed E-state index contributed by atoms with van der Waals surface area (Å²) in [5, 5.41) is 6.19. The number of rotatable bonds is 8. The third-order valence-electron chi connectivity index (χ3n) is 4.34. The molecule has 0 bridgehead atoms. The number of para-hydroxylation sites is 1. The number of fused-ring (bicyclic) bond motifs is 1. The van der Waals surface area contributed by atoms with E-state index in [4.69, 9.17) is 0 Å². The summed E-state index contributed by atoms with van der Waals surface area (Å²) in [7, 11) is 0. The SMILES string of the molecule is CC[C@H](C)NC(=O)CSc1nc2ccccc2c(=O)n1CCc1cccs1. The molecule has 3 rings (SSSR count). The number of carbonyl (C=O) groups is 1. The lowest BCUT2D eigenvalue weighted by molar-refractivity contribution is -0.119. The van der Waals surface area contributed by atoms with Gasteiger partial charge in [-0.25, -0.2) is 4.98 Å². The topological polar surface area (TPSA) is 64.0 Å². The molecule has 142 valence electrons. The molecule has 7 heteroatoms. The minimum atomic E-state index is -0.0537. The van der Waals surface area contributed by atoms with Crippen molar-refractivity contribution in [2.75, 3.05) is 5.75 Å². The quantitative estimate of drug-likeness (QED) is 0.462. The molecule has 0 fully saturated rings. The predicted molar refractivity (Wildman–Crippen MR) is 113 cm³/mol. The van der Waals surface area contributed by atoms with Crippen LogP contribution in [0.3, 0.4) is 0 Å². The monoisotopic (exact) mass is 401 g/mol. The van der Waals surface area contributed by atoms with E-state index in [1.165, 1.54) is 16.6 Å². The van der Waals surface area contributed by atoms with Gasteiger partial charge in [0, 0.05) is 17.5 Å². The zero-order chi connectivity index (χ0) is 19.2. The van der Waals surface area contributed by atoms with Crippen molar-refractivity contribution < 1.29 is 4.79 Å². The summed E-state index contributed by atoms with van der Waals surface area (Å²) in [6.07, 6.45) is 1.65. The number of hydrogen-bond acceptors (Lipinski definition) is 5. The summed E-state index contributed by atoms with van der Waals surface area (Å²) < 4.78 is 1.70. The number of amides is 1. The summed E-state index contributed by atoms with van der Waals surface area (Å²) in [5.74, 6) is 0.204. The smallest absolute Gasteiger partial charge is 0.262 e. The first-order valence-corrected chi connectivity index (χ1v) is 10.9. The maximum Gasteiger partial charge on any atom is 0.262 e. The number of thiophene rings is 1. The minimum Gasteiger partial charge on any atom is -0.353 e. The number of thioether (sulfide) groups is 1. The van der Waals surface area contributed by atoms with Gasteiger partial charge in [0.25, 0.3) is 5.56 Å². The number of nitrogens with one attached hydrogen (secondary N) is 1.